The summed E-state index contributed by atoms with van der Waals surface area (Å²) in [6.45, 7) is 2.23. The van der Waals surface area contributed by atoms with Crippen LogP contribution in [0.2, 0.25) is 5.02 Å². The van der Waals surface area contributed by atoms with Crippen molar-refractivity contribution >= 4 is 43.2 Å². The summed E-state index contributed by atoms with van der Waals surface area (Å²) in [5, 5.41) is 8.97. The molecule has 2 aromatic rings. The van der Waals surface area contributed by atoms with Crippen molar-refractivity contribution in [3.8, 4) is 0 Å². The third-order valence-electron chi connectivity index (χ3n) is 2.98. The normalized spacial score (nSPS) is 11.4. The molecule has 0 bridgehead atoms. The van der Waals surface area contributed by atoms with Gasteiger partial charge in [-0.3, -0.25) is 0 Å². The van der Waals surface area contributed by atoms with Gasteiger partial charge in [-0.2, -0.15) is 0 Å². The molecule has 2 aromatic carbocycles. The molecule has 3 N–H and O–H groups in total. The molecule has 21 heavy (non-hydrogen) atoms. The molecule has 7 heteroatoms. The molecule has 0 saturated carbocycles. The van der Waals surface area contributed by atoms with Crippen LogP contribution in [-0.4, -0.2) is 8.42 Å². The molecule has 4 nitrogen and oxygen atoms in total. The Hall–Kier alpha value is -1.08. The molecule has 2 rings (SSSR count). The van der Waals surface area contributed by atoms with Crippen LogP contribution in [0.15, 0.2) is 45.8 Å². The Kier molecular flexibility index (Phi) is 4.93. The number of nitrogens with two attached hydrogens (primary N) is 1. The highest BCUT2D eigenvalue weighted by atomic mass is 79.9. The van der Waals surface area contributed by atoms with Gasteiger partial charge < -0.3 is 5.32 Å². The van der Waals surface area contributed by atoms with Crippen LogP contribution in [0.5, 0.6) is 0 Å². The monoisotopic (exact) mass is 388 g/mol. The predicted octanol–water partition coefficient (Wildman–Crippen LogP) is 3.67. The van der Waals surface area contributed by atoms with E-state index in [1.807, 2.05) is 24.3 Å². The summed E-state index contributed by atoms with van der Waals surface area (Å²) >= 11 is 9.36. The van der Waals surface area contributed by atoms with Crippen LogP contribution in [-0.2, 0) is 16.6 Å². The van der Waals surface area contributed by atoms with Crippen LogP contribution in [0.1, 0.15) is 11.1 Å². The van der Waals surface area contributed by atoms with Crippen molar-refractivity contribution in [3.63, 3.8) is 0 Å². The first-order valence-corrected chi connectivity index (χ1v) is 8.80. The fourth-order valence-corrected chi connectivity index (χ4v) is 3.13. The minimum atomic E-state index is -3.72. The average molecular weight is 390 g/mol. The maximum absolute atomic E-state index is 11.5. The molecule has 0 spiro atoms. The second-order valence-electron chi connectivity index (χ2n) is 4.63. The fraction of sp³-hybridized carbons (Fsp3) is 0.143. The Morgan fingerprint density at radius 3 is 2.57 bits per heavy atom. The van der Waals surface area contributed by atoms with Gasteiger partial charge in [0.15, 0.2) is 0 Å². The summed E-state index contributed by atoms with van der Waals surface area (Å²) in [6, 6.07) is 10.7. The van der Waals surface area contributed by atoms with E-state index in [0.717, 1.165) is 10.0 Å². The van der Waals surface area contributed by atoms with Gasteiger partial charge >= 0.3 is 0 Å². The molecule has 112 valence electrons. The van der Waals surface area contributed by atoms with Crippen LogP contribution in [0.25, 0.3) is 0 Å². The number of aryl methyl sites for hydroxylation is 1. The number of nitrogens with one attached hydrogen (secondary N) is 1. The van der Waals surface area contributed by atoms with Crippen LogP contribution in [0.4, 0.5) is 5.69 Å². The van der Waals surface area contributed by atoms with E-state index >= 15 is 0 Å². The number of hydrogen-bond donors (Lipinski definition) is 2. The smallest absolute Gasteiger partial charge is 0.238 e. The van der Waals surface area contributed by atoms with Gasteiger partial charge in [0.1, 0.15) is 0 Å². The van der Waals surface area contributed by atoms with Gasteiger partial charge in [-0.1, -0.05) is 23.7 Å². The van der Waals surface area contributed by atoms with E-state index in [0.29, 0.717) is 22.8 Å². The maximum atomic E-state index is 11.5. The van der Waals surface area contributed by atoms with Gasteiger partial charge in [0.05, 0.1) is 9.92 Å². The van der Waals surface area contributed by atoms with Crippen molar-refractivity contribution in [1.82, 2.24) is 0 Å². The number of halogens is 2. The van der Waals surface area contributed by atoms with Crippen molar-refractivity contribution in [2.45, 2.75) is 18.4 Å². The first-order valence-electron chi connectivity index (χ1n) is 6.08. The van der Waals surface area contributed by atoms with Crippen LogP contribution >= 0.6 is 27.5 Å². The van der Waals surface area contributed by atoms with Gasteiger partial charge in [-0.25, -0.2) is 13.6 Å². The van der Waals surface area contributed by atoms with E-state index in [1.54, 1.807) is 13.0 Å². The second kappa shape index (κ2) is 6.36. The first-order chi connectivity index (χ1) is 9.77. The molecule has 0 heterocycles. The molecule has 0 fully saturated rings. The van der Waals surface area contributed by atoms with Crippen LogP contribution in [0.3, 0.4) is 0 Å². The summed E-state index contributed by atoms with van der Waals surface area (Å²) in [4.78, 5) is 0.126. The average Bonchev–Trinajstić information content (AvgIpc) is 2.40. The fourth-order valence-electron chi connectivity index (χ4n) is 1.87. The van der Waals surface area contributed by atoms with Gasteiger partial charge in [0.25, 0.3) is 0 Å². The molecule has 0 aliphatic heterocycles. The zero-order valence-corrected chi connectivity index (χ0v) is 14.4. The SMILES string of the molecule is Cc1ccc(NCc2ccc(Br)c(Cl)c2)cc1S(N)(=O)=O. The lowest BCUT2D eigenvalue weighted by atomic mass is 10.2. The zero-order valence-electron chi connectivity index (χ0n) is 11.2. The van der Waals surface area contributed by atoms with Gasteiger partial charge in [0.2, 0.25) is 10.0 Å². The molecule has 0 saturated heterocycles. The van der Waals surface area contributed by atoms with E-state index < -0.39 is 10.0 Å². The lowest BCUT2D eigenvalue weighted by Crippen LogP contribution is -2.14. The summed E-state index contributed by atoms with van der Waals surface area (Å²) in [5.74, 6) is 0. The summed E-state index contributed by atoms with van der Waals surface area (Å²) < 4.78 is 23.8. The van der Waals surface area contributed by atoms with Crippen LogP contribution in [0, 0.1) is 6.92 Å². The lowest BCUT2D eigenvalue weighted by molar-refractivity contribution is 0.597. The highest BCUT2D eigenvalue weighted by molar-refractivity contribution is 9.10. The van der Waals surface area contributed by atoms with Crippen molar-refractivity contribution in [2.75, 3.05) is 5.32 Å². The molecular weight excluding hydrogens is 376 g/mol. The molecule has 0 atom stereocenters. The number of sulfonamides is 1. The second-order valence-corrected chi connectivity index (χ2v) is 7.42. The number of benzene rings is 2. The molecule has 0 aliphatic carbocycles. The van der Waals surface area contributed by atoms with Crippen molar-refractivity contribution in [1.29, 1.82) is 0 Å². The van der Waals surface area contributed by atoms with E-state index in [1.165, 1.54) is 6.07 Å². The van der Waals surface area contributed by atoms with E-state index in [2.05, 4.69) is 21.2 Å². The first kappa shape index (κ1) is 16.3. The minimum absolute atomic E-state index is 0.126. The van der Waals surface area contributed by atoms with Crippen molar-refractivity contribution in [2.24, 2.45) is 5.14 Å². The standard InChI is InChI=1S/C14H14BrClN2O2S/c1-9-2-4-11(7-14(9)21(17,19)20)18-8-10-3-5-12(15)13(16)6-10/h2-7,18H,8H2,1H3,(H2,17,19,20). The molecule has 0 unspecified atom stereocenters. The molecular formula is C14H14BrClN2O2S. The number of anilines is 1. The van der Waals surface area contributed by atoms with Crippen molar-refractivity contribution in [3.05, 3.63) is 57.0 Å². The Bertz CT molecular complexity index is 779. The van der Waals surface area contributed by atoms with Gasteiger partial charge in [0, 0.05) is 16.7 Å². The summed E-state index contributed by atoms with van der Waals surface area (Å²) in [7, 11) is -3.72. The Labute approximate surface area is 137 Å². The molecule has 0 radical (unpaired) electrons. The van der Waals surface area contributed by atoms with Crippen LogP contribution < -0.4 is 10.5 Å². The van der Waals surface area contributed by atoms with Gasteiger partial charge in [-0.15, -0.1) is 0 Å². The van der Waals surface area contributed by atoms with E-state index in [4.69, 9.17) is 16.7 Å². The Morgan fingerprint density at radius 1 is 1.24 bits per heavy atom. The van der Waals surface area contributed by atoms with E-state index in [-0.39, 0.29) is 4.90 Å². The van der Waals surface area contributed by atoms with Crippen molar-refractivity contribution < 1.29 is 8.42 Å². The van der Waals surface area contributed by atoms with Gasteiger partial charge in [-0.05, 0) is 58.2 Å². The number of primary sulfonamides is 1. The Morgan fingerprint density at radius 2 is 1.95 bits per heavy atom. The largest absolute Gasteiger partial charge is 0.381 e. The highest BCUT2D eigenvalue weighted by Gasteiger charge is 2.12. The lowest BCUT2D eigenvalue weighted by Gasteiger charge is -2.10. The predicted molar refractivity (Wildman–Crippen MR) is 89.0 cm³/mol. The molecule has 0 aliphatic rings. The van der Waals surface area contributed by atoms with E-state index in [9.17, 15) is 8.42 Å². The summed E-state index contributed by atoms with van der Waals surface area (Å²) in [6.07, 6.45) is 0. The third kappa shape index (κ3) is 4.20. The number of hydrogen-bond acceptors (Lipinski definition) is 3. The topological polar surface area (TPSA) is 72.2 Å². The Balaban J connectivity index is 2.19. The quantitative estimate of drug-likeness (QED) is 0.838. The zero-order chi connectivity index (χ0) is 15.6. The minimum Gasteiger partial charge on any atom is -0.381 e. The molecule has 0 amide bonds. The molecule has 0 aromatic heterocycles. The summed E-state index contributed by atoms with van der Waals surface area (Å²) in [5.41, 5.74) is 2.29. The highest BCUT2D eigenvalue weighted by Crippen LogP contribution is 2.24. The third-order valence-corrected chi connectivity index (χ3v) is 5.26. The number of rotatable bonds is 4. The maximum Gasteiger partial charge on any atom is 0.238 e.